The normalized spacial score (nSPS) is 12.0. The molecule has 0 saturated heterocycles. The summed E-state index contributed by atoms with van der Waals surface area (Å²) in [5.41, 5.74) is 0.142. The Morgan fingerprint density at radius 1 is 1.22 bits per heavy atom. The van der Waals surface area contributed by atoms with Crippen molar-refractivity contribution in [3.63, 3.8) is 0 Å². The van der Waals surface area contributed by atoms with Crippen LogP contribution in [0.5, 0.6) is 0 Å². The summed E-state index contributed by atoms with van der Waals surface area (Å²) in [7, 11) is 0. The van der Waals surface area contributed by atoms with Crippen LogP contribution < -0.4 is 16.0 Å². The van der Waals surface area contributed by atoms with Crippen molar-refractivity contribution >= 4 is 41.3 Å². The Bertz CT molecular complexity index is 454. The minimum absolute atomic E-state index is 0. The highest BCUT2D eigenvalue weighted by Gasteiger charge is 2.07. The van der Waals surface area contributed by atoms with Gasteiger partial charge in [-0.25, -0.2) is 4.98 Å². The Labute approximate surface area is 162 Å². The molecule has 0 aromatic carbocycles. The SMILES string of the molecule is CCNC(=NCCNC(C)(C)C)NCCc1ncc(CC)s1.I. The lowest BCUT2D eigenvalue weighted by Crippen LogP contribution is -2.40. The summed E-state index contributed by atoms with van der Waals surface area (Å²) in [6.07, 6.45) is 3.99. The molecule has 1 aromatic rings. The molecule has 7 heteroatoms. The molecule has 0 fully saturated rings. The Hall–Kier alpha value is -0.410. The second-order valence-corrected chi connectivity index (χ2v) is 7.39. The summed E-state index contributed by atoms with van der Waals surface area (Å²) < 4.78 is 0. The van der Waals surface area contributed by atoms with Crippen LogP contribution in [0, 0.1) is 0 Å². The number of nitrogens with one attached hydrogen (secondary N) is 3. The van der Waals surface area contributed by atoms with E-state index in [0.29, 0.717) is 0 Å². The number of guanidine groups is 1. The van der Waals surface area contributed by atoms with Gasteiger partial charge in [-0.15, -0.1) is 35.3 Å². The molecule has 0 unspecified atom stereocenters. The van der Waals surface area contributed by atoms with E-state index in [1.807, 2.05) is 6.20 Å². The van der Waals surface area contributed by atoms with Gasteiger partial charge >= 0.3 is 0 Å². The van der Waals surface area contributed by atoms with E-state index in [9.17, 15) is 0 Å². The molecule has 1 heterocycles. The second-order valence-electron chi connectivity index (χ2n) is 6.19. The highest BCUT2D eigenvalue weighted by Crippen LogP contribution is 2.13. The number of aromatic nitrogens is 1. The Morgan fingerprint density at radius 3 is 2.52 bits per heavy atom. The van der Waals surface area contributed by atoms with E-state index in [1.54, 1.807) is 11.3 Å². The molecule has 5 nitrogen and oxygen atoms in total. The number of thiazole rings is 1. The van der Waals surface area contributed by atoms with Crippen molar-refractivity contribution in [1.82, 2.24) is 20.9 Å². The van der Waals surface area contributed by atoms with Gasteiger partial charge in [-0.2, -0.15) is 0 Å². The fraction of sp³-hybridized carbons (Fsp3) is 0.750. The number of nitrogens with zero attached hydrogens (tertiary/aromatic N) is 2. The minimum atomic E-state index is 0. The lowest BCUT2D eigenvalue weighted by Gasteiger charge is -2.19. The van der Waals surface area contributed by atoms with Crippen molar-refractivity contribution in [1.29, 1.82) is 0 Å². The van der Waals surface area contributed by atoms with Crippen LogP contribution in [0.2, 0.25) is 0 Å². The maximum absolute atomic E-state index is 4.58. The number of aliphatic imine (C=N–C) groups is 1. The van der Waals surface area contributed by atoms with Gasteiger partial charge in [0.25, 0.3) is 0 Å². The molecule has 0 spiro atoms. The molecule has 0 aliphatic rings. The third kappa shape index (κ3) is 10.9. The molecular weight excluding hydrogens is 421 g/mol. The Kier molecular flexibility index (Phi) is 11.8. The molecule has 0 aliphatic heterocycles. The van der Waals surface area contributed by atoms with Gasteiger partial charge < -0.3 is 16.0 Å². The zero-order valence-electron chi connectivity index (χ0n) is 15.0. The van der Waals surface area contributed by atoms with Crippen molar-refractivity contribution < 1.29 is 0 Å². The van der Waals surface area contributed by atoms with E-state index in [1.165, 1.54) is 9.88 Å². The number of rotatable bonds is 8. The highest BCUT2D eigenvalue weighted by atomic mass is 127. The summed E-state index contributed by atoms with van der Waals surface area (Å²) in [6, 6.07) is 0. The van der Waals surface area contributed by atoms with E-state index >= 15 is 0 Å². The van der Waals surface area contributed by atoms with E-state index in [-0.39, 0.29) is 29.5 Å². The molecule has 0 atom stereocenters. The lowest BCUT2D eigenvalue weighted by atomic mass is 10.1. The predicted octanol–water partition coefficient (Wildman–Crippen LogP) is 2.81. The topological polar surface area (TPSA) is 61.3 Å². The zero-order chi connectivity index (χ0) is 16.4. The lowest BCUT2D eigenvalue weighted by molar-refractivity contribution is 0.432. The average molecular weight is 453 g/mol. The summed E-state index contributed by atoms with van der Waals surface area (Å²) >= 11 is 1.80. The van der Waals surface area contributed by atoms with Gasteiger partial charge in [0.05, 0.1) is 11.6 Å². The van der Waals surface area contributed by atoms with Crippen LogP contribution in [0.25, 0.3) is 0 Å². The predicted molar refractivity (Wildman–Crippen MR) is 112 cm³/mol. The van der Waals surface area contributed by atoms with Crippen LogP contribution in [0.1, 0.15) is 44.5 Å². The van der Waals surface area contributed by atoms with Crippen molar-refractivity contribution in [3.05, 3.63) is 16.1 Å². The number of hydrogen-bond donors (Lipinski definition) is 3. The molecule has 0 aliphatic carbocycles. The van der Waals surface area contributed by atoms with Crippen LogP contribution in [0.4, 0.5) is 0 Å². The van der Waals surface area contributed by atoms with E-state index in [0.717, 1.165) is 45.0 Å². The van der Waals surface area contributed by atoms with Crippen LogP contribution in [-0.2, 0) is 12.8 Å². The van der Waals surface area contributed by atoms with Crippen molar-refractivity contribution in [3.8, 4) is 0 Å². The van der Waals surface area contributed by atoms with Gasteiger partial charge in [-0.05, 0) is 34.1 Å². The third-order valence-corrected chi connectivity index (χ3v) is 4.16. The zero-order valence-corrected chi connectivity index (χ0v) is 18.2. The van der Waals surface area contributed by atoms with E-state index in [4.69, 9.17) is 0 Å². The van der Waals surface area contributed by atoms with E-state index < -0.39 is 0 Å². The average Bonchev–Trinajstić information content (AvgIpc) is 2.90. The fourth-order valence-corrected chi connectivity index (χ4v) is 2.72. The molecule has 0 saturated carbocycles. The maximum Gasteiger partial charge on any atom is 0.191 e. The molecule has 0 amide bonds. The molecule has 1 aromatic heterocycles. The van der Waals surface area contributed by atoms with Crippen LogP contribution in [-0.4, -0.2) is 42.7 Å². The van der Waals surface area contributed by atoms with E-state index in [2.05, 4.69) is 60.5 Å². The monoisotopic (exact) mass is 453 g/mol. The van der Waals surface area contributed by atoms with Gasteiger partial charge in [0.15, 0.2) is 5.96 Å². The first kappa shape index (κ1) is 22.6. The van der Waals surface area contributed by atoms with Crippen LogP contribution in [0.15, 0.2) is 11.2 Å². The minimum Gasteiger partial charge on any atom is -0.357 e. The number of halogens is 1. The van der Waals surface area contributed by atoms with Gasteiger partial charge in [-0.1, -0.05) is 6.92 Å². The molecule has 23 heavy (non-hydrogen) atoms. The first-order valence-electron chi connectivity index (χ1n) is 8.15. The molecular formula is C16H32IN5S. The molecule has 0 bridgehead atoms. The second kappa shape index (κ2) is 12.0. The quantitative estimate of drug-likeness (QED) is 0.245. The first-order valence-corrected chi connectivity index (χ1v) is 8.97. The van der Waals surface area contributed by atoms with Crippen molar-refractivity contribution in [2.24, 2.45) is 4.99 Å². The molecule has 0 radical (unpaired) electrons. The molecule has 134 valence electrons. The summed E-state index contributed by atoms with van der Waals surface area (Å²) in [4.78, 5) is 10.4. The Balaban J connectivity index is 0.00000484. The summed E-state index contributed by atoms with van der Waals surface area (Å²) in [5, 5.41) is 11.3. The largest absolute Gasteiger partial charge is 0.357 e. The van der Waals surface area contributed by atoms with Crippen LogP contribution in [0.3, 0.4) is 0 Å². The smallest absolute Gasteiger partial charge is 0.191 e. The van der Waals surface area contributed by atoms with Gasteiger partial charge in [-0.3, -0.25) is 4.99 Å². The van der Waals surface area contributed by atoms with Crippen LogP contribution >= 0.6 is 35.3 Å². The van der Waals surface area contributed by atoms with Gasteiger partial charge in [0.1, 0.15) is 0 Å². The fourth-order valence-electron chi connectivity index (χ4n) is 1.86. The first-order chi connectivity index (χ1) is 10.4. The summed E-state index contributed by atoms with van der Waals surface area (Å²) in [6.45, 7) is 14.1. The summed E-state index contributed by atoms with van der Waals surface area (Å²) in [5.74, 6) is 0.880. The van der Waals surface area contributed by atoms with Crippen molar-refractivity contribution in [2.75, 3.05) is 26.2 Å². The number of aryl methyl sites for hydroxylation is 1. The molecule has 1 rings (SSSR count). The standard InChI is InChI=1S/C16H31N5S.HI/c1-6-13-12-20-14(22-13)8-9-18-15(17-7-2)19-10-11-21-16(3,4)5;/h12,21H,6-11H2,1-5H3,(H2,17,18,19);1H. The molecule has 3 N–H and O–H groups in total. The number of hydrogen-bond acceptors (Lipinski definition) is 4. The van der Waals surface area contributed by atoms with Gasteiger partial charge in [0, 0.05) is 42.7 Å². The Morgan fingerprint density at radius 2 is 1.96 bits per heavy atom. The highest BCUT2D eigenvalue weighted by molar-refractivity contribution is 14.0. The third-order valence-electron chi connectivity index (χ3n) is 2.96. The van der Waals surface area contributed by atoms with Gasteiger partial charge in [0.2, 0.25) is 0 Å². The van der Waals surface area contributed by atoms with Crippen molar-refractivity contribution in [2.45, 2.75) is 53.0 Å². The maximum atomic E-state index is 4.58.